The summed E-state index contributed by atoms with van der Waals surface area (Å²) in [7, 11) is 0. The fourth-order valence-corrected chi connectivity index (χ4v) is 7.85. The van der Waals surface area contributed by atoms with Gasteiger partial charge in [-0.05, 0) is 61.2 Å². The van der Waals surface area contributed by atoms with Gasteiger partial charge in [-0.1, -0.05) is 27.2 Å². The van der Waals surface area contributed by atoms with Gasteiger partial charge in [0.2, 0.25) is 0 Å². The summed E-state index contributed by atoms with van der Waals surface area (Å²) < 4.78 is 10.9. The molecule has 150 valence electrons. The predicted octanol–water partition coefficient (Wildman–Crippen LogP) is 3.89. The summed E-state index contributed by atoms with van der Waals surface area (Å²) in [5, 5.41) is 0. The van der Waals surface area contributed by atoms with Gasteiger partial charge >= 0.3 is 11.9 Å². The number of aldehydes is 1. The van der Waals surface area contributed by atoms with Crippen molar-refractivity contribution in [2.24, 2.45) is 39.9 Å². The Kier molecular flexibility index (Phi) is 4.25. The van der Waals surface area contributed by atoms with Crippen LogP contribution in [-0.2, 0) is 23.9 Å². The minimum absolute atomic E-state index is 0.0816. The normalized spacial score (nSPS) is 47.9. The van der Waals surface area contributed by atoms with E-state index in [4.69, 9.17) is 9.47 Å². The van der Waals surface area contributed by atoms with Crippen LogP contribution in [0.4, 0.5) is 0 Å². The lowest BCUT2D eigenvalue weighted by molar-refractivity contribution is -0.211. The van der Waals surface area contributed by atoms with E-state index in [1.807, 2.05) is 0 Å². The Bertz CT molecular complexity index is 670. The van der Waals surface area contributed by atoms with Gasteiger partial charge in [-0.15, -0.1) is 0 Å². The topological polar surface area (TPSA) is 69.7 Å². The van der Waals surface area contributed by atoms with Crippen LogP contribution in [0.3, 0.4) is 0 Å². The molecule has 0 unspecified atom stereocenters. The molecule has 27 heavy (non-hydrogen) atoms. The third-order valence-corrected chi connectivity index (χ3v) is 8.74. The molecule has 0 aromatic carbocycles. The maximum atomic E-state index is 12.7. The van der Waals surface area contributed by atoms with E-state index in [0.29, 0.717) is 5.92 Å². The average molecular weight is 376 g/mol. The molecule has 4 fully saturated rings. The predicted molar refractivity (Wildman–Crippen MR) is 98.3 cm³/mol. The fourth-order valence-electron chi connectivity index (χ4n) is 7.85. The summed E-state index contributed by atoms with van der Waals surface area (Å²) in [4.78, 5) is 36.7. The van der Waals surface area contributed by atoms with Crippen LogP contribution >= 0.6 is 0 Å². The summed E-state index contributed by atoms with van der Waals surface area (Å²) in [5.74, 6) is -0.633. The number of esters is 2. The van der Waals surface area contributed by atoms with E-state index in [9.17, 15) is 14.4 Å². The Labute approximate surface area is 161 Å². The van der Waals surface area contributed by atoms with Gasteiger partial charge in [-0.2, -0.15) is 0 Å². The molecule has 0 N–H and O–H groups in total. The molecule has 0 aromatic heterocycles. The molecule has 0 bridgehead atoms. The van der Waals surface area contributed by atoms with Crippen LogP contribution < -0.4 is 0 Å². The van der Waals surface area contributed by atoms with Crippen molar-refractivity contribution in [2.45, 2.75) is 78.9 Å². The van der Waals surface area contributed by atoms with Gasteiger partial charge in [0.05, 0.1) is 11.8 Å². The maximum Gasteiger partial charge on any atom is 0.312 e. The Hall–Kier alpha value is -1.39. The monoisotopic (exact) mass is 376 g/mol. The quantitative estimate of drug-likeness (QED) is 0.540. The van der Waals surface area contributed by atoms with Crippen molar-refractivity contribution in [2.75, 3.05) is 0 Å². The standard InChI is InChI=1S/C22H32O5/c1-13(24)26-19-17-14(18(25)27-19)6-7-16-21(4)10-5-9-20(2,3)15(21)8-11-22(16,17)12-23/h12,14-17,19H,5-11H2,1-4H3/t14-,15+,16-,17+,19+,21+,22+/m1/s1. The minimum Gasteiger partial charge on any atom is -0.425 e. The van der Waals surface area contributed by atoms with Crippen molar-refractivity contribution in [1.29, 1.82) is 0 Å². The lowest BCUT2D eigenvalue weighted by Crippen LogP contribution is -2.62. The van der Waals surface area contributed by atoms with Crippen molar-refractivity contribution >= 4 is 18.2 Å². The number of rotatable bonds is 2. The number of cyclic esters (lactones) is 1. The zero-order chi connectivity index (χ0) is 19.6. The Morgan fingerprint density at radius 2 is 1.85 bits per heavy atom. The van der Waals surface area contributed by atoms with Crippen molar-refractivity contribution in [3.05, 3.63) is 0 Å². The van der Waals surface area contributed by atoms with Crippen LogP contribution in [0.1, 0.15) is 72.6 Å². The molecule has 0 spiro atoms. The van der Waals surface area contributed by atoms with Crippen molar-refractivity contribution in [1.82, 2.24) is 0 Å². The number of hydrogen-bond acceptors (Lipinski definition) is 5. The minimum atomic E-state index is -0.912. The highest BCUT2D eigenvalue weighted by Crippen LogP contribution is 2.69. The summed E-state index contributed by atoms with van der Waals surface area (Å²) in [6, 6.07) is 0. The second-order valence-electron chi connectivity index (χ2n) is 10.3. The fraction of sp³-hybridized carbons (Fsp3) is 0.864. The molecule has 7 atom stereocenters. The van der Waals surface area contributed by atoms with Gasteiger partial charge < -0.3 is 14.3 Å². The summed E-state index contributed by atoms with van der Waals surface area (Å²) in [6.45, 7) is 8.45. The second kappa shape index (κ2) is 6.05. The number of hydrogen-bond donors (Lipinski definition) is 0. The highest BCUT2D eigenvalue weighted by Gasteiger charge is 2.69. The Morgan fingerprint density at radius 1 is 1.11 bits per heavy atom. The van der Waals surface area contributed by atoms with Crippen LogP contribution in [0.5, 0.6) is 0 Å². The van der Waals surface area contributed by atoms with E-state index in [2.05, 4.69) is 20.8 Å². The van der Waals surface area contributed by atoms with Gasteiger partial charge in [0, 0.05) is 12.3 Å². The van der Waals surface area contributed by atoms with Crippen molar-refractivity contribution in [3.8, 4) is 0 Å². The van der Waals surface area contributed by atoms with Gasteiger partial charge in [0.15, 0.2) is 0 Å². The van der Waals surface area contributed by atoms with E-state index in [1.54, 1.807) is 0 Å². The Morgan fingerprint density at radius 3 is 2.52 bits per heavy atom. The summed E-state index contributed by atoms with van der Waals surface area (Å²) in [5.41, 5.74) is -0.275. The number of carbonyl (C=O) groups excluding carboxylic acids is 3. The molecule has 1 saturated heterocycles. The number of ether oxygens (including phenoxy) is 2. The molecule has 3 saturated carbocycles. The molecule has 4 rings (SSSR count). The van der Waals surface area contributed by atoms with E-state index >= 15 is 0 Å². The van der Waals surface area contributed by atoms with Crippen LogP contribution in [-0.4, -0.2) is 24.5 Å². The largest absolute Gasteiger partial charge is 0.425 e. The smallest absolute Gasteiger partial charge is 0.312 e. The SMILES string of the molecule is CC(=O)O[C@H]1OC(=O)[C@@H]2CC[C@@H]3[C@@]4(C)CCCC(C)(C)[C@@H]4CC[C@@]3(C=O)[C@H]12. The molecular formula is C22H32O5. The molecule has 3 aliphatic carbocycles. The average Bonchev–Trinajstić information content (AvgIpc) is 2.89. The van der Waals surface area contributed by atoms with E-state index in [0.717, 1.165) is 38.4 Å². The van der Waals surface area contributed by atoms with Gasteiger partial charge in [0.1, 0.15) is 6.29 Å². The maximum absolute atomic E-state index is 12.7. The molecule has 0 amide bonds. The van der Waals surface area contributed by atoms with Crippen LogP contribution in [0.15, 0.2) is 0 Å². The molecule has 0 aromatic rings. The van der Waals surface area contributed by atoms with E-state index < -0.39 is 17.7 Å². The molecule has 5 heteroatoms. The lowest BCUT2D eigenvalue weighted by atomic mass is 9.38. The van der Waals surface area contributed by atoms with Crippen LogP contribution in [0.25, 0.3) is 0 Å². The van der Waals surface area contributed by atoms with E-state index in [1.165, 1.54) is 19.8 Å². The zero-order valence-corrected chi connectivity index (χ0v) is 17.0. The zero-order valence-electron chi connectivity index (χ0n) is 17.0. The molecule has 0 radical (unpaired) electrons. The first kappa shape index (κ1) is 18.9. The second-order valence-corrected chi connectivity index (χ2v) is 10.3. The van der Waals surface area contributed by atoms with Crippen molar-refractivity contribution < 1.29 is 23.9 Å². The molecule has 1 aliphatic heterocycles. The first-order valence-electron chi connectivity index (χ1n) is 10.5. The highest BCUT2D eigenvalue weighted by atomic mass is 16.7. The van der Waals surface area contributed by atoms with E-state index in [-0.39, 0.29) is 34.6 Å². The van der Waals surface area contributed by atoms with Gasteiger partial charge in [0.25, 0.3) is 6.29 Å². The van der Waals surface area contributed by atoms with Crippen LogP contribution in [0, 0.1) is 39.9 Å². The first-order chi connectivity index (χ1) is 12.7. The number of carbonyl (C=O) groups is 3. The Balaban J connectivity index is 1.77. The summed E-state index contributed by atoms with van der Waals surface area (Å²) >= 11 is 0. The van der Waals surface area contributed by atoms with Gasteiger partial charge in [-0.25, -0.2) is 0 Å². The molecular weight excluding hydrogens is 344 g/mol. The van der Waals surface area contributed by atoms with Gasteiger partial charge in [-0.3, -0.25) is 9.59 Å². The first-order valence-corrected chi connectivity index (χ1v) is 10.5. The number of fused-ring (bicyclic) bond motifs is 5. The highest BCUT2D eigenvalue weighted by molar-refractivity contribution is 5.78. The third-order valence-electron chi connectivity index (χ3n) is 8.74. The van der Waals surface area contributed by atoms with Crippen molar-refractivity contribution in [3.63, 3.8) is 0 Å². The summed E-state index contributed by atoms with van der Waals surface area (Å²) in [6.07, 6.45) is 7.10. The molecule has 1 heterocycles. The third kappa shape index (κ3) is 2.52. The van der Waals surface area contributed by atoms with Crippen LogP contribution in [0.2, 0.25) is 0 Å². The molecule has 5 nitrogen and oxygen atoms in total. The molecule has 4 aliphatic rings. The lowest BCUT2D eigenvalue weighted by Gasteiger charge is -2.64.